The Labute approximate surface area is 171 Å². The zero-order chi connectivity index (χ0) is 18.4. The molecular weight excluding hydrogens is 422 g/mol. The smallest absolute Gasteiger partial charge is 0.204 e. The van der Waals surface area contributed by atoms with Crippen LogP contribution in [0.2, 0.25) is 5.02 Å². The van der Waals surface area contributed by atoms with E-state index in [9.17, 15) is 0 Å². The number of benzene rings is 3. The second-order valence-electron chi connectivity index (χ2n) is 6.82. The highest BCUT2D eigenvalue weighted by Crippen LogP contribution is 2.42. The molecule has 5 rings (SSSR count). The molecule has 0 saturated carbocycles. The van der Waals surface area contributed by atoms with E-state index in [1.54, 1.807) is 0 Å². The lowest BCUT2D eigenvalue weighted by molar-refractivity contribution is 0.477. The number of rotatable bonds is 2. The average Bonchev–Trinajstić information content (AvgIpc) is 3.07. The Kier molecular flexibility index (Phi) is 4.18. The van der Waals surface area contributed by atoms with Crippen molar-refractivity contribution < 1.29 is 0 Å². The first kappa shape index (κ1) is 16.8. The highest BCUT2D eigenvalue weighted by Gasteiger charge is 2.31. The summed E-state index contributed by atoms with van der Waals surface area (Å²) >= 11 is 10.1. The molecule has 4 aromatic rings. The van der Waals surface area contributed by atoms with Crippen LogP contribution in [0.4, 0.5) is 5.95 Å². The van der Waals surface area contributed by atoms with E-state index in [1.165, 1.54) is 5.56 Å². The number of aromatic nitrogens is 2. The van der Waals surface area contributed by atoms with Crippen molar-refractivity contribution in [1.82, 2.24) is 9.55 Å². The molecular formula is C22H17BrClN3. The van der Waals surface area contributed by atoms with E-state index in [0.717, 1.165) is 38.5 Å². The maximum Gasteiger partial charge on any atom is 0.204 e. The lowest BCUT2D eigenvalue weighted by atomic mass is 9.93. The first-order chi connectivity index (χ1) is 13.2. The predicted molar refractivity (Wildman–Crippen MR) is 114 cm³/mol. The van der Waals surface area contributed by atoms with Gasteiger partial charge < -0.3 is 9.88 Å². The summed E-state index contributed by atoms with van der Waals surface area (Å²) in [6.07, 6.45) is 0.902. The molecule has 2 atom stereocenters. The molecule has 1 N–H and O–H groups in total. The zero-order valence-electron chi connectivity index (χ0n) is 14.4. The van der Waals surface area contributed by atoms with Crippen molar-refractivity contribution in [3.8, 4) is 0 Å². The van der Waals surface area contributed by atoms with Crippen LogP contribution in [0.25, 0.3) is 11.0 Å². The van der Waals surface area contributed by atoms with Gasteiger partial charge >= 0.3 is 0 Å². The summed E-state index contributed by atoms with van der Waals surface area (Å²) in [5.74, 6) is 0.889. The van der Waals surface area contributed by atoms with Gasteiger partial charge in [0.05, 0.1) is 23.1 Å². The van der Waals surface area contributed by atoms with Crippen LogP contribution in [0, 0.1) is 0 Å². The molecule has 1 aliphatic heterocycles. The van der Waals surface area contributed by atoms with E-state index in [2.05, 4.69) is 80.4 Å². The Morgan fingerprint density at radius 3 is 2.52 bits per heavy atom. The van der Waals surface area contributed by atoms with Crippen molar-refractivity contribution in [3.05, 3.63) is 93.4 Å². The Balaban J connectivity index is 1.68. The molecule has 3 nitrogen and oxygen atoms in total. The fraction of sp³-hybridized carbons (Fsp3) is 0.136. The fourth-order valence-corrected chi connectivity index (χ4v) is 4.46. The van der Waals surface area contributed by atoms with Crippen molar-refractivity contribution in [1.29, 1.82) is 0 Å². The van der Waals surface area contributed by atoms with E-state index >= 15 is 0 Å². The van der Waals surface area contributed by atoms with Gasteiger partial charge in [-0.25, -0.2) is 4.98 Å². The van der Waals surface area contributed by atoms with Crippen LogP contribution in [0.5, 0.6) is 0 Å². The van der Waals surface area contributed by atoms with Gasteiger partial charge in [-0.15, -0.1) is 0 Å². The molecule has 0 bridgehead atoms. The average molecular weight is 439 g/mol. The summed E-state index contributed by atoms with van der Waals surface area (Å²) in [6, 6.07) is 25.1. The number of hydrogen-bond donors (Lipinski definition) is 1. The van der Waals surface area contributed by atoms with Crippen LogP contribution >= 0.6 is 27.5 Å². The molecule has 0 aliphatic carbocycles. The third-order valence-electron chi connectivity index (χ3n) is 5.21. The van der Waals surface area contributed by atoms with Crippen LogP contribution in [-0.4, -0.2) is 9.55 Å². The normalized spacial score (nSPS) is 18.9. The van der Waals surface area contributed by atoms with Gasteiger partial charge in [-0.05, 0) is 47.9 Å². The maximum atomic E-state index is 6.60. The number of anilines is 1. The molecule has 0 unspecified atom stereocenters. The fourth-order valence-electron chi connectivity index (χ4n) is 3.93. The monoisotopic (exact) mass is 437 g/mol. The second-order valence-corrected chi connectivity index (χ2v) is 8.14. The summed E-state index contributed by atoms with van der Waals surface area (Å²) in [7, 11) is 0. The Hall–Kier alpha value is -2.30. The molecule has 3 aromatic carbocycles. The number of fused-ring (bicyclic) bond motifs is 3. The molecule has 134 valence electrons. The van der Waals surface area contributed by atoms with Crippen LogP contribution in [0.15, 0.2) is 77.3 Å². The van der Waals surface area contributed by atoms with E-state index in [-0.39, 0.29) is 12.1 Å². The molecule has 0 saturated heterocycles. The number of imidazole rings is 1. The predicted octanol–water partition coefficient (Wildman–Crippen LogP) is 6.60. The van der Waals surface area contributed by atoms with E-state index in [0.29, 0.717) is 0 Å². The van der Waals surface area contributed by atoms with Gasteiger partial charge in [0.25, 0.3) is 0 Å². The standard InChI is InChI=1S/C22H17BrClN3/c23-15-11-9-14(10-12-15)19-13-21(16-5-1-2-6-17(16)24)27-20-8-4-3-7-18(20)25-22(27)26-19/h1-12,19,21H,13H2,(H,25,26)/t19-,21-/m1/s1. The summed E-state index contributed by atoms with van der Waals surface area (Å²) in [5.41, 5.74) is 4.49. The molecule has 2 heterocycles. The minimum Gasteiger partial charge on any atom is -0.349 e. The molecule has 5 heteroatoms. The van der Waals surface area contributed by atoms with E-state index in [1.807, 2.05) is 18.2 Å². The molecule has 0 radical (unpaired) electrons. The van der Waals surface area contributed by atoms with Crippen molar-refractivity contribution in [3.63, 3.8) is 0 Å². The third kappa shape index (κ3) is 2.93. The van der Waals surface area contributed by atoms with Gasteiger partial charge in [0.15, 0.2) is 0 Å². The molecule has 0 spiro atoms. The zero-order valence-corrected chi connectivity index (χ0v) is 16.8. The van der Waals surface area contributed by atoms with Crippen molar-refractivity contribution in [2.75, 3.05) is 5.32 Å². The highest BCUT2D eigenvalue weighted by molar-refractivity contribution is 9.10. The molecule has 27 heavy (non-hydrogen) atoms. The summed E-state index contributed by atoms with van der Waals surface area (Å²) in [4.78, 5) is 4.85. The van der Waals surface area contributed by atoms with Crippen molar-refractivity contribution in [2.45, 2.75) is 18.5 Å². The number of para-hydroxylation sites is 2. The third-order valence-corrected chi connectivity index (χ3v) is 6.08. The minimum atomic E-state index is 0.121. The van der Waals surface area contributed by atoms with Crippen LogP contribution in [0.1, 0.15) is 29.6 Å². The summed E-state index contributed by atoms with van der Waals surface area (Å²) < 4.78 is 3.36. The molecule has 0 fully saturated rings. The van der Waals surface area contributed by atoms with Gasteiger partial charge in [0.2, 0.25) is 5.95 Å². The molecule has 1 aliphatic rings. The molecule has 1 aromatic heterocycles. The first-order valence-corrected chi connectivity index (χ1v) is 10.1. The maximum absolute atomic E-state index is 6.60. The van der Waals surface area contributed by atoms with Crippen molar-refractivity contribution >= 4 is 44.5 Å². The van der Waals surface area contributed by atoms with Gasteiger partial charge in [-0.2, -0.15) is 0 Å². The highest BCUT2D eigenvalue weighted by atomic mass is 79.9. The SMILES string of the molecule is Clc1ccccc1[C@H]1C[C@H](c2ccc(Br)cc2)Nc2nc3ccccc3n21. The van der Waals surface area contributed by atoms with E-state index < -0.39 is 0 Å². The van der Waals surface area contributed by atoms with Gasteiger partial charge in [-0.1, -0.05) is 70.0 Å². The topological polar surface area (TPSA) is 29.9 Å². The lowest BCUT2D eigenvalue weighted by Crippen LogP contribution is -2.27. The van der Waals surface area contributed by atoms with Crippen molar-refractivity contribution in [2.24, 2.45) is 0 Å². The van der Waals surface area contributed by atoms with Crippen LogP contribution in [-0.2, 0) is 0 Å². The van der Waals surface area contributed by atoms with E-state index in [4.69, 9.17) is 16.6 Å². The number of nitrogens with zero attached hydrogens (tertiary/aromatic N) is 2. The Morgan fingerprint density at radius 1 is 0.963 bits per heavy atom. The largest absolute Gasteiger partial charge is 0.349 e. The second kappa shape index (κ2) is 6.70. The molecule has 0 amide bonds. The minimum absolute atomic E-state index is 0.121. The van der Waals surface area contributed by atoms with Gasteiger partial charge in [0.1, 0.15) is 0 Å². The van der Waals surface area contributed by atoms with Crippen LogP contribution in [0.3, 0.4) is 0 Å². The summed E-state index contributed by atoms with van der Waals surface area (Å²) in [5, 5.41) is 4.43. The Morgan fingerprint density at radius 2 is 1.70 bits per heavy atom. The number of hydrogen-bond acceptors (Lipinski definition) is 2. The van der Waals surface area contributed by atoms with Crippen LogP contribution < -0.4 is 5.32 Å². The van der Waals surface area contributed by atoms with Gasteiger partial charge in [-0.3, -0.25) is 0 Å². The quantitative estimate of drug-likeness (QED) is 0.382. The Bertz CT molecular complexity index is 1120. The lowest BCUT2D eigenvalue weighted by Gasteiger charge is -2.34. The first-order valence-electron chi connectivity index (χ1n) is 8.94. The number of nitrogens with one attached hydrogen (secondary N) is 1. The number of halogens is 2. The summed E-state index contributed by atoms with van der Waals surface area (Å²) in [6.45, 7) is 0. The van der Waals surface area contributed by atoms with Gasteiger partial charge in [0, 0.05) is 9.50 Å².